The lowest BCUT2D eigenvalue weighted by Gasteiger charge is -2.34. The highest BCUT2D eigenvalue weighted by Gasteiger charge is 2.24. The number of nitrogens with zero attached hydrogens (tertiary/aromatic N) is 3. The average Bonchev–Trinajstić information content (AvgIpc) is 2.73. The number of hydrogen-bond donors (Lipinski definition) is 1. The van der Waals surface area contributed by atoms with Crippen LogP contribution in [0.3, 0.4) is 0 Å². The van der Waals surface area contributed by atoms with Crippen LogP contribution in [0.25, 0.3) is 0 Å². The summed E-state index contributed by atoms with van der Waals surface area (Å²) in [5.41, 5.74) is 0.936. The molecule has 1 aliphatic rings. The molecule has 0 spiro atoms. The number of rotatable bonds is 7. The van der Waals surface area contributed by atoms with Crippen LogP contribution in [0.1, 0.15) is 5.56 Å². The molecule has 2 aromatic rings. The van der Waals surface area contributed by atoms with Crippen molar-refractivity contribution in [3.8, 4) is 5.75 Å². The molecule has 2 amide bonds. The van der Waals surface area contributed by atoms with Gasteiger partial charge < -0.3 is 15.0 Å². The maximum Gasteiger partial charge on any atom is 0.311 e. The predicted octanol–water partition coefficient (Wildman–Crippen LogP) is 2.20. The van der Waals surface area contributed by atoms with E-state index in [2.05, 4.69) is 5.32 Å². The van der Waals surface area contributed by atoms with Gasteiger partial charge in [-0.3, -0.25) is 24.6 Å². The molecule has 3 rings (SSSR count). The summed E-state index contributed by atoms with van der Waals surface area (Å²) in [6.07, 6.45) is 0. The van der Waals surface area contributed by atoms with Gasteiger partial charge in [-0.25, -0.2) is 4.39 Å². The molecule has 1 saturated heterocycles. The maximum absolute atomic E-state index is 13.2. The molecule has 164 valence electrons. The standard InChI is InChI=1S/C21H23FN4O5/c1-15-5-6-19(18(11-15)26(29)30)31-14-21(28)25-9-7-24(8-10-25)13-20(27)23-17-4-2-3-16(22)12-17/h2-6,11-12H,7-10,13-14H2,1H3,(H,23,27). The van der Waals surface area contributed by atoms with E-state index in [0.717, 1.165) is 5.56 Å². The molecular weight excluding hydrogens is 407 g/mol. The summed E-state index contributed by atoms with van der Waals surface area (Å²) >= 11 is 0. The summed E-state index contributed by atoms with van der Waals surface area (Å²) in [7, 11) is 0. The zero-order chi connectivity index (χ0) is 22.4. The summed E-state index contributed by atoms with van der Waals surface area (Å²) in [4.78, 5) is 38.7. The number of anilines is 1. The van der Waals surface area contributed by atoms with E-state index in [1.54, 1.807) is 24.0 Å². The number of aryl methyl sites for hydroxylation is 1. The minimum Gasteiger partial charge on any atom is -0.477 e. The number of hydrogen-bond acceptors (Lipinski definition) is 6. The van der Waals surface area contributed by atoms with Gasteiger partial charge in [-0.15, -0.1) is 0 Å². The van der Waals surface area contributed by atoms with Crippen LogP contribution in [0.15, 0.2) is 42.5 Å². The first kappa shape index (κ1) is 22.2. The molecule has 9 nitrogen and oxygen atoms in total. The van der Waals surface area contributed by atoms with Crippen molar-refractivity contribution < 1.29 is 23.6 Å². The van der Waals surface area contributed by atoms with E-state index in [0.29, 0.717) is 31.9 Å². The number of ether oxygens (including phenoxy) is 1. The number of piperazine rings is 1. The Morgan fingerprint density at radius 1 is 1.16 bits per heavy atom. The van der Waals surface area contributed by atoms with Gasteiger partial charge in [0, 0.05) is 37.9 Å². The van der Waals surface area contributed by atoms with Crippen LogP contribution < -0.4 is 10.1 Å². The number of nitrogens with one attached hydrogen (secondary N) is 1. The van der Waals surface area contributed by atoms with Crippen LogP contribution in [-0.2, 0) is 9.59 Å². The number of benzene rings is 2. The Labute approximate surface area is 178 Å². The minimum atomic E-state index is -0.541. The molecule has 10 heteroatoms. The molecule has 0 bridgehead atoms. The van der Waals surface area contributed by atoms with Gasteiger partial charge in [0.15, 0.2) is 12.4 Å². The highest BCUT2D eigenvalue weighted by molar-refractivity contribution is 5.92. The van der Waals surface area contributed by atoms with Gasteiger partial charge in [0.25, 0.3) is 5.91 Å². The fourth-order valence-corrected chi connectivity index (χ4v) is 3.25. The Hall–Kier alpha value is -3.53. The number of carbonyl (C=O) groups excluding carboxylic acids is 2. The molecule has 1 heterocycles. The van der Waals surface area contributed by atoms with Crippen LogP contribution in [-0.4, -0.2) is 65.9 Å². The monoisotopic (exact) mass is 430 g/mol. The minimum absolute atomic E-state index is 0.0524. The number of amides is 2. The van der Waals surface area contributed by atoms with Crippen molar-refractivity contribution in [1.82, 2.24) is 9.80 Å². The molecule has 1 N–H and O–H groups in total. The highest BCUT2D eigenvalue weighted by Crippen LogP contribution is 2.27. The molecule has 2 aromatic carbocycles. The average molecular weight is 430 g/mol. The number of nitro groups is 1. The summed E-state index contributed by atoms with van der Waals surface area (Å²) < 4.78 is 18.6. The van der Waals surface area contributed by atoms with Gasteiger partial charge in [0.1, 0.15) is 5.82 Å². The second kappa shape index (κ2) is 9.98. The van der Waals surface area contributed by atoms with Gasteiger partial charge in [0.05, 0.1) is 11.5 Å². The molecule has 31 heavy (non-hydrogen) atoms. The molecule has 1 aliphatic heterocycles. The van der Waals surface area contributed by atoms with Gasteiger partial charge in [-0.05, 0) is 36.8 Å². The van der Waals surface area contributed by atoms with Gasteiger partial charge in [-0.1, -0.05) is 12.1 Å². The van der Waals surface area contributed by atoms with Crippen molar-refractivity contribution in [2.24, 2.45) is 0 Å². The second-order valence-electron chi connectivity index (χ2n) is 7.23. The lowest BCUT2D eigenvalue weighted by Crippen LogP contribution is -2.51. The quantitative estimate of drug-likeness (QED) is 0.533. The number of carbonyl (C=O) groups is 2. The summed E-state index contributed by atoms with van der Waals surface area (Å²) in [6.45, 7) is 3.37. The normalized spacial score (nSPS) is 14.2. The van der Waals surface area contributed by atoms with Gasteiger partial charge in [0.2, 0.25) is 5.91 Å². The van der Waals surface area contributed by atoms with Crippen LogP contribution in [0.2, 0.25) is 0 Å². The van der Waals surface area contributed by atoms with Crippen LogP contribution >= 0.6 is 0 Å². The molecular formula is C21H23FN4O5. The molecule has 0 unspecified atom stereocenters. The third-order valence-corrected chi connectivity index (χ3v) is 4.86. The SMILES string of the molecule is Cc1ccc(OCC(=O)N2CCN(CC(=O)Nc3cccc(F)c3)CC2)c([N+](=O)[O-])c1. The first-order valence-electron chi connectivity index (χ1n) is 9.75. The largest absolute Gasteiger partial charge is 0.477 e. The topological polar surface area (TPSA) is 105 Å². The van der Waals surface area contributed by atoms with Crippen LogP contribution in [0, 0.1) is 22.9 Å². The molecule has 0 radical (unpaired) electrons. The van der Waals surface area contributed by atoms with E-state index >= 15 is 0 Å². The number of halogens is 1. The van der Waals surface area contributed by atoms with Crippen molar-refractivity contribution in [1.29, 1.82) is 0 Å². The fourth-order valence-electron chi connectivity index (χ4n) is 3.25. The Balaban J connectivity index is 1.44. The van der Waals surface area contributed by atoms with Gasteiger partial charge in [-0.2, -0.15) is 0 Å². The van der Waals surface area contributed by atoms with Crippen LogP contribution in [0.5, 0.6) is 5.75 Å². The Morgan fingerprint density at radius 3 is 2.58 bits per heavy atom. The Bertz CT molecular complexity index is 976. The van der Waals surface area contributed by atoms with E-state index in [4.69, 9.17) is 4.74 Å². The first-order chi connectivity index (χ1) is 14.8. The number of nitro benzene ring substituents is 1. The summed E-state index contributed by atoms with van der Waals surface area (Å²) in [5, 5.41) is 13.8. The lowest BCUT2D eigenvalue weighted by molar-refractivity contribution is -0.385. The highest BCUT2D eigenvalue weighted by atomic mass is 19.1. The van der Waals surface area contributed by atoms with Crippen molar-refractivity contribution in [2.45, 2.75) is 6.92 Å². The van der Waals surface area contributed by atoms with Crippen LogP contribution in [0.4, 0.5) is 15.8 Å². The van der Waals surface area contributed by atoms with E-state index in [-0.39, 0.29) is 36.4 Å². The lowest BCUT2D eigenvalue weighted by atomic mass is 10.2. The van der Waals surface area contributed by atoms with Crippen molar-refractivity contribution in [2.75, 3.05) is 44.6 Å². The molecule has 0 saturated carbocycles. The van der Waals surface area contributed by atoms with E-state index in [1.807, 2.05) is 4.90 Å². The maximum atomic E-state index is 13.2. The van der Waals surface area contributed by atoms with Crippen molar-refractivity contribution >= 4 is 23.2 Å². The molecule has 0 aromatic heterocycles. The Kier molecular flexibility index (Phi) is 7.14. The molecule has 0 atom stereocenters. The zero-order valence-corrected chi connectivity index (χ0v) is 17.0. The third-order valence-electron chi connectivity index (χ3n) is 4.86. The van der Waals surface area contributed by atoms with Crippen molar-refractivity contribution in [3.63, 3.8) is 0 Å². The van der Waals surface area contributed by atoms with E-state index < -0.39 is 10.7 Å². The smallest absolute Gasteiger partial charge is 0.311 e. The summed E-state index contributed by atoms with van der Waals surface area (Å²) in [5.74, 6) is -0.918. The zero-order valence-electron chi connectivity index (χ0n) is 17.0. The third kappa shape index (κ3) is 6.22. The predicted molar refractivity (Wildman–Crippen MR) is 111 cm³/mol. The molecule has 0 aliphatic carbocycles. The summed E-state index contributed by atoms with van der Waals surface area (Å²) in [6, 6.07) is 10.2. The van der Waals surface area contributed by atoms with Crippen molar-refractivity contribution in [3.05, 3.63) is 64.0 Å². The first-order valence-corrected chi connectivity index (χ1v) is 9.75. The fraction of sp³-hybridized carbons (Fsp3) is 0.333. The Morgan fingerprint density at radius 2 is 1.90 bits per heavy atom. The second-order valence-corrected chi connectivity index (χ2v) is 7.23. The van der Waals surface area contributed by atoms with E-state index in [1.165, 1.54) is 30.3 Å². The molecule has 1 fully saturated rings. The van der Waals surface area contributed by atoms with E-state index in [9.17, 15) is 24.1 Å². The van der Waals surface area contributed by atoms with Gasteiger partial charge >= 0.3 is 5.69 Å².